The third kappa shape index (κ3) is 2.79. The second kappa shape index (κ2) is 5.54. The summed E-state index contributed by atoms with van der Waals surface area (Å²) in [6.45, 7) is 0. The van der Waals surface area contributed by atoms with Gasteiger partial charge in [-0.05, 0) is 23.3 Å². The van der Waals surface area contributed by atoms with Crippen molar-refractivity contribution in [2.45, 2.75) is 0 Å². The molecule has 0 aliphatic heterocycles. The topological polar surface area (TPSA) is 55.5 Å². The van der Waals surface area contributed by atoms with Crippen LogP contribution in [0.1, 0.15) is 5.56 Å². The van der Waals surface area contributed by atoms with Crippen molar-refractivity contribution in [3.8, 4) is 11.1 Å². The lowest BCUT2D eigenvalue weighted by atomic mass is 10.1. The van der Waals surface area contributed by atoms with Crippen molar-refractivity contribution in [1.82, 2.24) is 0 Å². The molecule has 1 aromatic rings. The molecule has 0 heterocycles. The average Bonchev–Trinajstić information content (AvgIpc) is 2.72. The smallest absolute Gasteiger partial charge is 0.258 e. The quantitative estimate of drug-likeness (QED) is 0.403. The number of nitrogens with zero attached hydrogens (tertiary/aromatic N) is 2. The number of rotatable bonds is 3. The van der Waals surface area contributed by atoms with Crippen molar-refractivity contribution in [2.75, 3.05) is 0 Å². The van der Waals surface area contributed by atoms with Crippen LogP contribution in [0.3, 0.4) is 0 Å². The van der Waals surface area contributed by atoms with Gasteiger partial charge < -0.3 is 0 Å². The van der Waals surface area contributed by atoms with E-state index in [0.717, 1.165) is 16.7 Å². The maximum atomic E-state index is 10.6. The van der Waals surface area contributed by atoms with Crippen LogP contribution in [0.5, 0.6) is 0 Å². The molecule has 1 aromatic carbocycles. The van der Waals surface area contributed by atoms with Gasteiger partial charge in [-0.25, -0.2) is 0 Å². The zero-order chi connectivity index (χ0) is 14.7. The molecule has 0 spiro atoms. The maximum Gasteiger partial charge on any atom is 0.269 e. The molecule has 0 aromatic heterocycles. The molecule has 3 rings (SSSR count). The van der Waals surface area contributed by atoms with Crippen LogP contribution in [0.2, 0.25) is 0 Å². The summed E-state index contributed by atoms with van der Waals surface area (Å²) in [5, 5.41) is 10.6. The predicted molar refractivity (Wildman–Crippen MR) is 83.4 cm³/mol. The summed E-state index contributed by atoms with van der Waals surface area (Å²) in [7, 11) is 0. The molecule has 0 saturated carbocycles. The SMILES string of the molecule is O=[N+]([O-])c1ccc(N=Cc2ccc3cccccc2-3)cc1. The van der Waals surface area contributed by atoms with Crippen LogP contribution in [0.15, 0.2) is 71.7 Å². The Morgan fingerprint density at radius 1 is 0.905 bits per heavy atom. The molecule has 0 saturated heterocycles. The lowest BCUT2D eigenvalue weighted by Gasteiger charge is -1.96. The largest absolute Gasteiger partial charge is 0.269 e. The number of benzene rings is 1. The summed E-state index contributed by atoms with van der Waals surface area (Å²) in [4.78, 5) is 14.6. The van der Waals surface area contributed by atoms with Crippen LogP contribution in [-0.4, -0.2) is 11.1 Å². The molecule has 0 unspecified atom stereocenters. The lowest BCUT2D eigenvalue weighted by Crippen LogP contribution is -1.85. The molecule has 0 radical (unpaired) electrons. The van der Waals surface area contributed by atoms with Crippen molar-refractivity contribution in [3.63, 3.8) is 0 Å². The second-order valence-corrected chi connectivity index (χ2v) is 4.60. The minimum atomic E-state index is -0.418. The fraction of sp³-hybridized carbons (Fsp3) is 0. The maximum absolute atomic E-state index is 10.6. The molecule has 0 amide bonds. The van der Waals surface area contributed by atoms with Gasteiger partial charge in [0.25, 0.3) is 5.69 Å². The van der Waals surface area contributed by atoms with Gasteiger partial charge in [-0.1, -0.05) is 42.5 Å². The minimum Gasteiger partial charge on any atom is -0.258 e. The zero-order valence-corrected chi connectivity index (χ0v) is 11.1. The highest BCUT2D eigenvalue weighted by Gasteiger charge is 2.06. The zero-order valence-electron chi connectivity index (χ0n) is 11.1. The molecule has 4 nitrogen and oxygen atoms in total. The fourth-order valence-electron chi connectivity index (χ4n) is 2.16. The molecule has 21 heavy (non-hydrogen) atoms. The van der Waals surface area contributed by atoms with Gasteiger partial charge in [0.15, 0.2) is 0 Å². The van der Waals surface area contributed by atoms with Crippen molar-refractivity contribution in [1.29, 1.82) is 0 Å². The van der Waals surface area contributed by atoms with Gasteiger partial charge >= 0.3 is 0 Å². The number of non-ortho nitro benzene ring substituents is 1. The molecule has 2 aliphatic carbocycles. The summed E-state index contributed by atoms with van der Waals surface area (Å²) < 4.78 is 0. The van der Waals surface area contributed by atoms with Crippen LogP contribution < -0.4 is 0 Å². The summed E-state index contributed by atoms with van der Waals surface area (Å²) in [5.74, 6) is 0. The molecule has 0 fully saturated rings. The van der Waals surface area contributed by atoms with E-state index in [9.17, 15) is 10.1 Å². The van der Waals surface area contributed by atoms with Gasteiger partial charge in [0.05, 0.1) is 10.6 Å². The summed E-state index contributed by atoms with van der Waals surface area (Å²) in [6, 6.07) is 20.3. The van der Waals surface area contributed by atoms with Crippen molar-refractivity contribution < 1.29 is 4.92 Å². The van der Waals surface area contributed by atoms with E-state index < -0.39 is 4.92 Å². The molecule has 102 valence electrons. The van der Waals surface area contributed by atoms with Crippen LogP contribution >= 0.6 is 0 Å². The van der Waals surface area contributed by atoms with E-state index in [1.54, 1.807) is 18.3 Å². The van der Waals surface area contributed by atoms with Crippen LogP contribution in [0, 0.1) is 10.1 Å². The van der Waals surface area contributed by atoms with Gasteiger partial charge in [0, 0.05) is 23.9 Å². The van der Waals surface area contributed by atoms with Gasteiger partial charge in [-0.2, -0.15) is 0 Å². The monoisotopic (exact) mass is 276 g/mol. The third-order valence-electron chi connectivity index (χ3n) is 3.24. The first kappa shape index (κ1) is 13.0. The Morgan fingerprint density at radius 3 is 2.43 bits per heavy atom. The van der Waals surface area contributed by atoms with E-state index in [4.69, 9.17) is 0 Å². The standard InChI is InChI=1S/C17H12N2O2/c20-19(21)16-10-8-15(9-11-16)18-12-14-7-6-13-4-2-1-3-5-17(13)14/h1-12H. The van der Waals surface area contributed by atoms with Crippen molar-refractivity contribution in [3.05, 3.63) is 82.4 Å². The van der Waals surface area contributed by atoms with Gasteiger partial charge in [0.1, 0.15) is 0 Å². The van der Waals surface area contributed by atoms with Crippen LogP contribution in [-0.2, 0) is 0 Å². The molecular formula is C17H12N2O2. The first-order valence-electron chi connectivity index (χ1n) is 6.50. The molecule has 0 N–H and O–H groups in total. The van der Waals surface area contributed by atoms with Gasteiger partial charge in [0.2, 0.25) is 0 Å². The Hall–Kier alpha value is -3.01. The summed E-state index contributed by atoms with van der Waals surface area (Å²) in [6.07, 6.45) is 1.78. The summed E-state index contributed by atoms with van der Waals surface area (Å²) in [5.41, 5.74) is 4.07. The Bertz CT molecular complexity index is 779. The number of nitro groups is 1. The molecule has 0 bridgehead atoms. The highest BCUT2D eigenvalue weighted by molar-refractivity contribution is 5.93. The van der Waals surface area contributed by atoms with Gasteiger partial charge in [-0.3, -0.25) is 15.1 Å². The third-order valence-corrected chi connectivity index (χ3v) is 3.24. The number of fused-ring (bicyclic) bond motifs is 1. The number of nitro benzene ring substituents is 1. The van der Waals surface area contributed by atoms with E-state index in [2.05, 4.69) is 11.1 Å². The molecule has 2 aliphatic rings. The fourth-order valence-corrected chi connectivity index (χ4v) is 2.16. The molecule has 0 atom stereocenters. The van der Waals surface area contributed by atoms with E-state index in [0.29, 0.717) is 5.69 Å². The second-order valence-electron chi connectivity index (χ2n) is 4.60. The minimum absolute atomic E-state index is 0.0692. The first-order chi connectivity index (χ1) is 10.2. The van der Waals surface area contributed by atoms with Gasteiger partial charge in [-0.15, -0.1) is 0 Å². The number of aliphatic imine (C=N–C) groups is 1. The highest BCUT2D eigenvalue weighted by Crippen LogP contribution is 2.26. The first-order valence-corrected chi connectivity index (χ1v) is 6.50. The Kier molecular flexibility index (Phi) is 3.43. The highest BCUT2D eigenvalue weighted by atomic mass is 16.6. The van der Waals surface area contributed by atoms with E-state index >= 15 is 0 Å². The Morgan fingerprint density at radius 2 is 1.67 bits per heavy atom. The normalized spacial score (nSPS) is 11.0. The van der Waals surface area contributed by atoms with E-state index in [-0.39, 0.29) is 5.69 Å². The molecular weight excluding hydrogens is 264 g/mol. The average molecular weight is 276 g/mol. The van der Waals surface area contributed by atoms with E-state index in [1.165, 1.54) is 12.1 Å². The summed E-state index contributed by atoms with van der Waals surface area (Å²) >= 11 is 0. The number of hydrogen-bond donors (Lipinski definition) is 0. The van der Waals surface area contributed by atoms with Crippen LogP contribution in [0.4, 0.5) is 11.4 Å². The lowest BCUT2D eigenvalue weighted by molar-refractivity contribution is -0.384. The van der Waals surface area contributed by atoms with E-state index in [1.807, 2.05) is 36.4 Å². The molecule has 4 heteroatoms. The van der Waals surface area contributed by atoms with Crippen LogP contribution in [0.25, 0.3) is 11.1 Å². The Balaban J connectivity index is 1.87. The van der Waals surface area contributed by atoms with Crippen molar-refractivity contribution in [2.24, 2.45) is 4.99 Å². The number of hydrogen-bond acceptors (Lipinski definition) is 3. The van der Waals surface area contributed by atoms with Crippen molar-refractivity contribution >= 4 is 17.6 Å². The predicted octanol–water partition coefficient (Wildman–Crippen LogP) is 4.45. The Labute approximate surface area is 121 Å².